The summed E-state index contributed by atoms with van der Waals surface area (Å²) in [6.07, 6.45) is 0. The fourth-order valence-electron chi connectivity index (χ4n) is 1.37. The van der Waals surface area contributed by atoms with Crippen molar-refractivity contribution in [2.24, 2.45) is 0 Å². The third-order valence-corrected chi connectivity index (χ3v) is 2.89. The van der Waals surface area contributed by atoms with Crippen molar-refractivity contribution in [1.29, 1.82) is 0 Å². The van der Waals surface area contributed by atoms with Gasteiger partial charge in [-0.05, 0) is 45.8 Å². The van der Waals surface area contributed by atoms with Crippen LogP contribution in [0.15, 0.2) is 46.9 Å². The molecule has 17 heavy (non-hydrogen) atoms. The van der Waals surface area contributed by atoms with Crippen LogP contribution in [0, 0.1) is 5.82 Å². The molecule has 0 bridgehead atoms. The molecule has 0 aliphatic carbocycles. The SMILES string of the molecule is OCc1ccc(Oc2ccccc2Br)c(F)c1. The Bertz CT molecular complexity index is 529. The van der Waals surface area contributed by atoms with Gasteiger partial charge in [0.15, 0.2) is 11.6 Å². The maximum Gasteiger partial charge on any atom is 0.166 e. The molecule has 2 aromatic carbocycles. The minimum atomic E-state index is -0.493. The smallest absolute Gasteiger partial charge is 0.166 e. The van der Waals surface area contributed by atoms with E-state index in [0.29, 0.717) is 11.3 Å². The van der Waals surface area contributed by atoms with Crippen molar-refractivity contribution >= 4 is 15.9 Å². The van der Waals surface area contributed by atoms with Crippen molar-refractivity contribution in [2.45, 2.75) is 6.61 Å². The Morgan fingerprint density at radius 1 is 1.12 bits per heavy atom. The van der Waals surface area contributed by atoms with Crippen LogP contribution in [0.25, 0.3) is 0 Å². The lowest BCUT2D eigenvalue weighted by molar-refractivity contribution is 0.281. The third-order valence-electron chi connectivity index (χ3n) is 2.24. The summed E-state index contributed by atoms with van der Waals surface area (Å²) in [6, 6.07) is 11.6. The Balaban J connectivity index is 2.28. The molecule has 0 aliphatic rings. The normalized spacial score (nSPS) is 10.3. The molecule has 88 valence electrons. The van der Waals surface area contributed by atoms with Crippen LogP contribution in [0.3, 0.4) is 0 Å². The molecule has 0 saturated heterocycles. The summed E-state index contributed by atoms with van der Waals surface area (Å²) in [5, 5.41) is 8.87. The van der Waals surface area contributed by atoms with Crippen molar-refractivity contribution in [1.82, 2.24) is 0 Å². The van der Waals surface area contributed by atoms with Crippen LogP contribution in [-0.4, -0.2) is 5.11 Å². The van der Waals surface area contributed by atoms with Crippen molar-refractivity contribution in [3.63, 3.8) is 0 Å². The minimum Gasteiger partial charge on any atom is -0.453 e. The van der Waals surface area contributed by atoms with Crippen LogP contribution in [0.2, 0.25) is 0 Å². The lowest BCUT2D eigenvalue weighted by Gasteiger charge is -2.09. The molecule has 2 aromatic rings. The van der Waals surface area contributed by atoms with Gasteiger partial charge in [-0.25, -0.2) is 4.39 Å². The maximum atomic E-state index is 13.6. The van der Waals surface area contributed by atoms with E-state index in [0.717, 1.165) is 4.47 Å². The molecule has 0 spiro atoms. The van der Waals surface area contributed by atoms with Gasteiger partial charge in [0.05, 0.1) is 11.1 Å². The zero-order valence-corrected chi connectivity index (χ0v) is 10.4. The van der Waals surface area contributed by atoms with Crippen molar-refractivity contribution in [3.05, 3.63) is 58.3 Å². The Hall–Kier alpha value is -1.39. The van der Waals surface area contributed by atoms with E-state index in [1.165, 1.54) is 12.1 Å². The molecular weight excluding hydrogens is 287 g/mol. The molecule has 2 rings (SSSR count). The van der Waals surface area contributed by atoms with Gasteiger partial charge in [-0.1, -0.05) is 18.2 Å². The summed E-state index contributed by atoms with van der Waals surface area (Å²) < 4.78 is 19.8. The zero-order valence-electron chi connectivity index (χ0n) is 8.86. The number of aliphatic hydroxyl groups excluding tert-OH is 1. The Morgan fingerprint density at radius 3 is 2.53 bits per heavy atom. The number of hydrogen-bond acceptors (Lipinski definition) is 2. The number of hydrogen-bond donors (Lipinski definition) is 1. The van der Waals surface area contributed by atoms with Crippen LogP contribution < -0.4 is 4.74 Å². The molecule has 2 nitrogen and oxygen atoms in total. The van der Waals surface area contributed by atoms with E-state index in [-0.39, 0.29) is 12.4 Å². The summed E-state index contributed by atoms with van der Waals surface area (Å²) in [7, 11) is 0. The van der Waals surface area contributed by atoms with E-state index in [1.807, 2.05) is 12.1 Å². The topological polar surface area (TPSA) is 29.5 Å². The van der Waals surface area contributed by atoms with Crippen LogP contribution in [-0.2, 0) is 6.61 Å². The molecule has 0 amide bonds. The number of para-hydroxylation sites is 1. The van der Waals surface area contributed by atoms with E-state index in [2.05, 4.69) is 15.9 Å². The highest BCUT2D eigenvalue weighted by atomic mass is 79.9. The van der Waals surface area contributed by atoms with Crippen LogP contribution in [0.1, 0.15) is 5.56 Å². The van der Waals surface area contributed by atoms with Gasteiger partial charge in [0.25, 0.3) is 0 Å². The van der Waals surface area contributed by atoms with E-state index in [4.69, 9.17) is 9.84 Å². The highest BCUT2D eigenvalue weighted by Gasteiger charge is 2.07. The van der Waals surface area contributed by atoms with Crippen LogP contribution in [0.5, 0.6) is 11.5 Å². The quantitative estimate of drug-likeness (QED) is 0.931. The first kappa shape index (κ1) is 12.1. The zero-order chi connectivity index (χ0) is 12.3. The van der Waals surface area contributed by atoms with Crippen molar-refractivity contribution in [2.75, 3.05) is 0 Å². The lowest BCUT2D eigenvalue weighted by atomic mass is 10.2. The lowest BCUT2D eigenvalue weighted by Crippen LogP contribution is -1.91. The summed E-state index contributed by atoms with van der Waals surface area (Å²) in [6.45, 7) is -0.188. The van der Waals surface area contributed by atoms with Crippen LogP contribution >= 0.6 is 15.9 Å². The maximum absolute atomic E-state index is 13.6. The second-order valence-electron chi connectivity index (χ2n) is 3.46. The summed E-state index contributed by atoms with van der Waals surface area (Å²) in [4.78, 5) is 0. The first-order valence-corrected chi connectivity index (χ1v) is 5.81. The van der Waals surface area contributed by atoms with Gasteiger partial charge >= 0.3 is 0 Å². The van der Waals surface area contributed by atoms with Gasteiger partial charge < -0.3 is 9.84 Å². The fraction of sp³-hybridized carbons (Fsp3) is 0.0769. The number of ether oxygens (including phenoxy) is 1. The molecule has 0 aromatic heterocycles. The fourth-order valence-corrected chi connectivity index (χ4v) is 1.74. The Morgan fingerprint density at radius 2 is 1.88 bits per heavy atom. The average Bonchev–Trinajstić information content (AvgIpc) is 2.34. The molecule has 4 heteroatoms. The first-order chi connectivity index (χ1) is 8.20. The molecule has 0 atom stereocenters. The van der Waals surface area contributed by atoms with Crippen molar-refractivity contribution < 1.29 is 14.2 Å². The Labute approximate surface area is 107 Å². The number of benzene rings is 2. The van der Waals surface area contributed by atoms with Gasteiger partial charge in [0.1, 0.15) is 5.75 Å². The Kier molecular flexibility index (Phi) is 3.76. The molecule has 1 N–H and O–H groups in total. The standard InChI is InChI=1S/C13H10BrFO2/c14-10-3-1-2-4-12(10)17-13-6-5-9(8-16)7-11(13)15/h1-7,16H,8H2. The van der Waals surface area contributed by atoms with Crippen molar-refractivity contribution in [3.8, 4) is 11.5 Å². The van der Waals surface area contributed by atoms with E-state index in [1.54, 1.807) is 18.2 Å². The number of aliphatic hydroxyl groups is 1. The van der Waals surface area contributed by atoms with E-state index in [9.17, 15) is 4.39 Å². The first-order valence-electron chi connectivity index (χ1n) is 5.02. The number of rotatable bonds is 3. The predicted molar refractivity (Wildman–Crippen MR) is 66.5 cm³/mol. The van der Waals surface area contributed by atoms with Gasteiger partial charge in [-0.2, -0.15) is 0 Å². The van der Waals surface area contributed by atoms with Gasteiger partial charge in [-0.3, -0.25) is 0 Å². The molecule has 0 saturated carbocycles. The third kappa shape index (κ3) is 2.84. The van der Waals surface area contributed by atoms with Gasteiger partial charge in [0, 0.05) is 0 Å². The predicted octanol–water partition coefficient (Wildman–Crippen LogP) is 3.87. The number of halogens is 2. The molecule has 0 radical (unpaired) electrons. The molecule has 0 unspecified atom stereocenters. The largest absolute Gasteiger partial charge is 0.453 e. The summed E-state index contributed by atoms with van der Waals surface area (Å²) >= 11 is 3.32. The highest BCUT2D eigenvalue weighted by Crippen LogP contribution is 2.30. The monoisotopic (exact) mass is 296 g/mol. The van der Waals surface area contributed by atoms with Gasteiger partial charge in [-0.15, -0.1) is 0 Å². The average molecular weight is 297 g/mol. The van der Waals surface area contributed by atoms with Gasteiger partial charge in [0.2, 0.25) is 0 Å². The second-order valence-corrected chi connectivity index (χ2v) is 4.31. The minimum absolute atomic E-state index is 0.133. The summed E-state index contributed by atoms with van der Waals surface area (Å²) in [5.74, 6) is 0.185. The van der Waals surface area contributed by atoms with E-state index < -0.39 is 5.82 Å². The second kappa shape index (κ2) is 5.29. The highest BCUT2D eigenvalue weighted by molar-refractivity contribution is 9.10. The molecule has 0 aliphatic heterocycles. The van der Waals surface area contributed by atoms with Crippen LogP contribution in [0.4, 0.5) is 4.39 Å². The molecule has 0 fully saturated rings. The molecular formula is C13H10BrFO2. The summed E-state index contributed by atoms with van der Waals surface area (Å²) in [5.41, 5.74) is 0.516. The van der Waals surface area contributed by atoms with E-state index >= 15 is 0 Å². The molecule has 0 heterocycles.